The van der Waals surface area contributed by atoms with Crippen molar-refractivity contribution in [3.8, 4) is 0 Å². The van der Waals surface area contributed by atoms with Crippen molar-refractivity contribution in [2.45, 2.75) is 30.7 Å². The predicted molar refractivity (Wildman–Crippen MR) is 49.2 cm³/mol. The van der Waals surface area contributed by atoms with E-state index in [0.29, 0.717) is 0 Å². The largest absolute Gasteiger partial charge is 0.463 e. The molecule has 0 aliphatic carbocycles. The highest BCUT2D eigenvalue weighted by Gasteiger charge is 2.77. The Hall–Kier alpha value is -0.500. The molecule has 0 heterocycles. The van der Waals surface area contributed by atoms with Gasteiger partial charge < -0.3 is 5.11 Å². The van der Waals surface area contributed by atoms with Crippen LogP contribution in [0.3, 0.4) is 0 Å². The summed E-state index contributed by atoms with van der Waals surface area (Å²) >= 11 is 0. The van der Waals surface area contributed by atoms with Crippen LogP contribution in [0.1, 0.15) is 12.8 Å². The fourth-order valence-electron chi connectivity index (χ4n) is 1.44. The van der Waals surface area contributed by atoms with Crippen LogP contribution in [-0.2, 0) is 0 Å². The van der Waals surface area contributed by atoms with E-state index in [0.717, 1.165) is 21.1 Å². The van der Waals surface area contributed by atoms with Gasteiger partial charge in [0.25, 0.3) is 0 Å². The maximum Gasteiger partial charge on any atom is 0.463 e. The number of rotatable bonds is 5. The molecule has 0 rings (SSSR count). The van der Waals surface area contributed by atoms with Crippen LogP contribution in [0.15, 0.2) is 0 Å². The molecule has 0 aliphatic heterocycles. The van der Waals surface area contributed by atoms with Crippen molar-refractivity contribution in [1.82, 2.24) is 0 Å². The van der Waals surface area contributed by atoms with Gasteiger partial charge in [0.1, 0.15) is 0 Å². The number of quaternary nitrogens is 1. The smallest absolute Gasteiger partial charge is 0.396 e. The van der Waals surface area contributed by atoms with Gasteiger partial charge in [0.05, 0.1) is 21.1 Å². The summed E-state index contributed by atoms with van der Waals surface area (Å²) in [5, 5.41) is 8.46. The Morgan fingerprint density at radius 2 is 1.35 bits per heavy atom. The van der Waals surface area contributed by atoms with Crippen molar-refractivity contribution in [2.24, 2.45) is 0 Å². The predicted octanol–water partition coefficient (Wildman–Crippen LogP) is 2.33. The molecule has 17 heavy (non-hydrogen) atoms. The molecule has 0 bridgehead atoms. The standard InChI is InChI=1S/C9H16F6NO/c1-16(2,3)7(10,5-4-6-17)8(11,12)9(13,14)15/h17H,4-6H2,1-3H3/q+1. The number of aliphatic hydroxyl groups is 1. The lowest BCUT2D eigenvalue weighted by Crippen LogP contribution is -2.68. The van der Waals surface area contributed by atoms with E-state index in [4.69, 9.17) is 5.11 Å². The average Bonchev–Trinajstić information content (AvgIpc) is 2.10. The summed E-state index contributed by atoms with van der Waals surface area (Å²) in [7, 11) is 2.74. The summed E-state index contributed by atoms with van der Waals surface area (Å²) in [6, 6.07) is 0. The summed E-state index contributed by atoms with van der Waals surface area (Å²) < 4.78 is 76.0. The molecule has 0 saturated carbocycles. The van der Waals surface area contributed by atoms with Gasteiger partial charge in [0.15, 0.2) is 0 Å². The lowest BCUT2D eigenvalue weighted by atomic mass is 9.97. The average molecular weight is 268 g/mol. The lowest BCUT2D eigenvalue weighted by Gasteiger charge is -2.44. The van der Waals surface area contributed by atoms with Crippen molar-refractivity contribution in [3.63, 3.8) is 0 Å². The molecule has 0 aromatic rings. The number of alkyl halides is 6. The second kappa shape index (κ2) is 4.64. The van der Waals surface area contributed by atoms with Gasteiger partial charge in [-0.3, -0.25) is 4.48 Å². The van der Waals surface area contributed by atoms with Crippen molar-refractivity contribution < 1.29 is 35.9 Å². The fourth-order valence-corrected chi connectivity index (χ4v) is 1.44. The van der Waals surface area contributed by atoms with Crippen molar-refractivity contribution in [1.29, 1.82) is 0 Å². The second-order valence-electron chi connectivity index (χ2n) is 4.67. The molecule has 0 spiro atoms. The Kier molecular flexibility index (Phi) is 4.50. The zero-order valence-electron chi connectivity index (χ0n) is 9.78. The summed E-state index contributed by atoms with van der Waals surface area (Å²) in [5.41, 5.74) is 0. The normalized spacial score (nSPS) is 18.0. The van der Waals surface area contributed by atoms with E-state index >= 15 is 0 Å². The highest BCUT2D eigenvalue weighted by molar-refractivity contribution is 4.92. The maximum atomic E-state index is 14.2. The number of aliphatic hydroxyl groups excluding tert-OH is 1. The molecule has 1 N–H and O–H groups in total. The molecular weight excluding hydrogens is 252 g/mol. The molecule has 0 saturated heterocycles. The molecular formula is C9H16F6NO+. The lowest BCUT2D eigenvalue weighted by molar-refractivity contribution is -0.956. The summed E-state index contributed by atoms with van der Waals surface area (Å²) in [5.74, 6) is -9.29. The third-order valence-corrected chi connectivity index (χ3v) is 2.57. The van der Waals surface area contributed by atoms with Crippen LogP contribution in [-0.4, -0.2) is 55.2 Å². The third kappa shape index (κ3) is 2.85. The molecule has 1 atom stereocenters. The molecule has 2 nitrogen and oxygen atoms in total. The van der Waals surface area contributed by atoms with E-state index in [2.05, 4.69) is 0 Å². The molecule has 0 fully saturated rings. The van der Waals surface area contributed by atoms with E-state index in [-0.39, 0.29) is 0 Å². The Balaban J connectivity index is 5.48. The molecule has 104 valence electrons. The zero-order valence-corrected chi connectivity index (χ0v) is 9.78. The van der Waals surface area contributed by atoms with Crippen LogP contribution in [0.5, 0.6) is 0 Å². The van der Waals surface area contributed by atoms with Gasteiger partial charge in [-0.05, 0) is 6.42 Å². The van der Waals surface area contributed by atoms with E-state index in [9.17, 15) is 26.3 Å². The maximum absolute atomic E-state index is 14.2. The molecule has 8 heteroatoms. The Labute approximate surface area is 95.4 Å². The SMILES string of the molecule is C[N+](C)(C)C(F)(CCCO)C(F)(F)C(F)(F)F. The highest BCUT2D eigenvalue weighted by atomic mass is 19.4. The molecule has 0 aromatic carbocycles. The van der Waals surface area contributed by atoms with E-state index < -0.39 is 41.8 Å². The van der Waals surface area contributed by atoms with Crippen LogP contribution in [0.25, 0.3) is 0 Å². The van der Waals surface area contributed by atoms with Crippen LogP contribution in [0, 0.1) is 0 Å². The molecule has 0 radical (unpaired) electrons. The molecule has 0 aromatic heterocycles. The minimum Gasteiger partial charge on any atom is -0.396 e. The van der Waals surface area contributed by atoms with Crippen molar-refractivity contribution in [3.05, 3.63) is 0 Å². The molecule has 0 amide bonds. The molecule has 0 aliphatic rings. The van der Waals surface area contributed by atoms with Crippen LogP contribution >= 0.6 is 0 Å². The minimum atomic E-state index is -5.97. The Morgan fingerprint density at radius 3 is 1.59 bits per heavy atom. The first-order valence-electron chi connectivity index (χ1n) is 4.87. The van der Waals surface area contributed by atoms with Crippen molar-refractivity contribution >= 4 is 0 Å². The summed E-state index contributed by atoms with van der Waals surface area (Å²) in [4.78, 5) is 0. The highest BCUT2D eigenvalue weighted by Crippen LogP contribution is 2.50. The first-order valence-corrected chi connectivity index (χ1v) is 4.87. The van der Waals surface area contributed by atoms with Gasteiger partial charge in [-0.2, -0.15) is 26.3 Å². The van der Waals surface area contributed by atoms with Crippen LogP contribution in [0.4, 0.5) is 26.3 Å². The van der Waals surface area contributed by atoms with Crippen LogP contribution in [0.2, 0.25) is 0 Å². The topological polar surface area (TPSA) is 20.2 Å². The van der Waals surface area contributed by atoms with Gasteiger partial charge in [0.2, 0.25) is 0 Å². The third-order valence-electron chi connectivity index (χ3n) is 2.57. The Bertz CT molecular complexity index is 259. The van der Waals surface area contributed by atoms with Gasteiger partial charge in [-0.15, -0.1) is 0 Å². The van der Waals surface area contributed by atoms with Crippen molar-refractivity contribution in [2.75, 3.05) is 27.7 Å². The van der Waals surface area contributed by atoms with E-state index in [1.54, 1.807) is 0 Å². The first kappa shape index (κ1) is 16.5. The number of halogens is 6. The summed E-state index contributed by atoms with van der Waals surface area (Å²) in [6.07, 6.45) is -7.53. The van der Waals surface area contributed by atoms with Crippen LogP contribution < -0.4 is 0 Å². The van der Waals surface area contributed by atoms with E-state index in [1.807, 2.05) is 0 Å². The second-order valence-corrected chi connectivity index (χ2v) is 4.67. The first-order chi connectivity index (χ1) is 7.31. The molecule has 1 unspecified atom stereocenters. The number of nitrogens with zero attached hydrogens (tertiary/aromatic N) is 1. The van der Waals surface area contributed by atoms with E-state index in [1.165, 1.54) is 0 Å². The van der Waals surface area contributed by atoms with Gasteiger partial charge in [-0.25, -0.2) is 0 Å². The number of hydrogen-bond acceptors (Lipinski definition) is 1. The Morgan fingerprint density at radius 1 is 0.941 bits per heavy atom. The van der Waals surface area contributed by atoms with Gasteiger partial charge >= 0.3 is 17.9 Å². The quantitative estimate of drug-likeness (QED) is 0.461. The zero-order chi connectivity index (χ0) is 14.1. The van der Waals surface area contributed by atoms with Gasteiger partial charge in [0, 0.05) is 13.0 Å². The number of hydrogen-bond donors (Lipinski definition) is 1. The fraction of sp³-hybridized carbons (Fsp3) is 1.00. The monoisotopic (exact) mass is 268 g/mol. The summed E-state index contributed by atoms with van der Waals surface area (Å²) in [6.45, 7) is -0.653. The minimum absolute atomic E-state index is 0.475. The van der Waals surface area contributed by atoms with Gasteiger partial charge in [-0.1, -0.05) is 0 Å².